The molecule has 0 radical (unpaired) electrons. The Morgan fingerprint density at radius 1 is 0.396 bits per heavy atom. The van der Waals surface area contributed by atoms with Crippen LogP contribution in [0.5, 0.6) is 0 Å². The van der Waals surface area contributed by atoms with Crippen LogP contribution in [-0.4, -0.2) is 207 Å². The van der Waals surface area contributed by atoms with Crippen molar-refractivity contribution in [3.8, 4) is 0 Å². The molecule has 0 saturated heterocycles. The number of carbonyl (C=O) groups is 3. The third-order valence-electron chi connectivity index (χ3n) is 5.76. The van der Waals surface area contributed by atoms with Gasteiger partial charge in [-0.05, 0) is 20.8 Å². The molecule has 1 amide bonds. The Balaban J connectivity index is 3.13. The number of hydrogen-bond acceptors (Lipinski definition) is 17. The first-order chi connectivity index (χ1) is 25.7. The van der Waals surface area contributed by atoms with Gasteiger partial charge in [0.05, 0.1) is 152 Å². The van der Waals surface area contributed by atoms with Gasteiger partial charge in [-0.15, -0.1) is 0 Å². The first-order valence-electron chi connectivity index (χ1n) is 17.9. The molecule has 0 bridgehead atoms. The van der Waals surface area contributed by atoms with E-state index in [2.05, 4.69) is 10.1 Å². The Labute approximate surface area is 313 Å². The molecule has 0 atom stereocenters. The molecule has 0 aliphatic heterocycles. The third-order valence-corrected chi connectivity index (χ3v) is 5.76. The van der Waals surface area contributed by atoms with Crippen LogP contribution in [0, 0.1) is 0 Å². The van der Waals surface area contributed by atoms with E-state index >= 15 is 0 Å². The summed E-state index contributed by atoms with van der Waals surface area (Å²) < 4.78 is 74.7. The molecule has 0 aromatic rings. The molecule has 0 heterocycles. The molecule has 314 valence electrons. The molecular formula is C34H65NO18. The van der Waals surface area contributed by atoms with E-state index in [0.717, 1.165) is 0 Å². The zero-order chi connectivity index (χ0) is 38.9. The van der Waals surface area contributed by atoms with Crippen molar-refractivity contribution in [1.82, 2.24) is 5.32 Å². The molecule has 53 heavy (non-hydrogen) atoms. The predicted molar refractivity (Wildman–Crippen MR) is 187 cm³/mol. The van der Waals surface area contributed by atoms with E-state index in [0.29, 0.717) is 159 Å². The second kappa shape index (κ2) is 39.6. The van der Waals surface area contributed by atoms with Crippen LogP contribution < -0.4 is 5.32 Å². The normalized spacial score (nSPS) is 11.6. The van der Waals surface area contributed by atoms with Crippen molar-refractivity contribution in [3.63, 3.8) is 0 Å². The lowest BCUT2D eigenvalue weighted by Gasteiger charge is -2.19. The number of nitrogens with one attached hydrogen (secondary N) is 1. The summed E-state index contributed by atoms with van der Waals surface area (Å²) in [6.45, 7) is 14.8. The highest BCUT2D eigenvalue weighted by molar-refractivity contribution is 5.77. The molecule has 0 aliphatic carbocycles. The molecule has 0 saturated carbocycles. The maximum atomic E-state index is 11.5. The Hall–Kier alpha value is -2.11. The van der Waals surface area contributed by atoms with Gasteiger partial charge < -0.3 is 76.7 Å². The van der Waals surface area contributed by atoms with Gasteiger partial charge in [-0.3, -0.25) is 4.79 Å². The van der Waals surface area contributed by atoms with Crippen LogP contribution in [0.2, 0.25) is 0 Å². The molecule has 0 rings (SSSR count). The highest BCUT2D eigenvalue weighted by Gasteiger charge is 2.15. The number of ether oxygens (including phenoxy) is 14. The van der Waals surface area contributed by atoms with Crippen LogP contribution in [-0.2, 0) is 80.7 Å². The first kappa shape index (κ1) is 50.9. The summed E-state index contributed by atoms with van der Waals surface area (Å²) in [6.07, 6.45) is 0. The van der Waals surface area contributed by atoms with E-state index in [-0.39, 0.29) is 13.2 Å². The maximum Gasteiger partial charge on any atom is 0.332 e. The van der Waals surface area contributed by atoms with E-state index in [9.17, 15) is 14.4 Å². The number of carbonyl (C=O) groups excluding carboxylic acids is 2. The summed E-state index contributed by atoms with van der Waals surface area (Å²) in [5.74, 6) is -1.92. The first-order valence-corrected chi connectivity index (χ1v) is 17.9. The number of amides is 1. The third kappa shape index (κ3) is 46.0. The van der Waals surface area contributed by atoms with Crippen LogP contribution in [0.1, 0.15) is 20.8 Å². The Morgan fingerprint density at radius 2 is 0.679 bits per heavy atom. The van der Waals surface area contributed by atoms with Gasteiger partial charge in [-0.2, -0.15) is 0 Å². The minimum atomic E-state index is -1.13. The molecule has 19 heteroatoms. The SMILES string of the molecule is CC(C)(C)OC(=O)COCCOCCOCCOCCOCCOCCOCCOCCOCCOCCOCCOCCNC(=O)COCC(=O)O. The van der Waals surface area contributed by atoms with Crippen LogP contribution in [0.25, 0.3) is 0 Å². The van der Waals surface area contributed by atoms with Crippen molar-refractivity contribution in [3.05, 3.63) is 0 Å². The van der Waals surface area contributed by atoms with E-state index in [1.165, 1.54) is 0 Å². The van der Waals surface area contributed by atoms with Crippen molar-refractivity contribution in [2.75, 3.05) is 178 Å². The van der Waals surface area contributed by atoms with Gasteiger partial charge in [-0.1, -0.05) is 0 Å². The molecule has 0 aromatic heterocycles. The number of rotatable bonds is 42. The molecule has 0 spiro atoms. The largest absolute Gasteiger partial charge is 0.480 e. The van der Waals surface area contributed by atoms with Crippen molar-refractivity contribution in [2.24, 2.45) is 0 Å². The minimum absolute atomic E-state index is 0.0927. The average molecular weight is 776 g/mol. The number of carboxylic acid groups (broad SMARTS) is 1. The smallest absolute Gasteiger partial charge is 0.332 e. The second-order valence-corrected chi connectivity index (χ2v) is 11.6. The lowest BCUT2D eigenvalue weighted by molar-refractivity contribution is -0.160. The summed E-state index contributed by atoms with van der Waals surface area (Å²) in [7, 11) is 0. The lowest BCUT2D eigenvalue weighted by Crippen LogP contribution is -2.31. The van der Waals surface area contributed by atoms with Gasteiger partial charge >= 0.3 is 11.9 Å². The van der Waals surface area contributed by atoms with Crippen LogP contribution in [0.15, 0.2) is 0 Å². The topological polar surface area (TPSA) is 213 Å². The van der Waals surface area contributed by atoms with Crippen LogP contribution in [0.3, 0.4) is 0 Å². The predicted octanol–water partition coefficient (Wildman–Crippen LogP) is -0.255. The zero-order valence-electron chi connectivity index (χ0n) is 32.0. The highest BCUT2D eigenvalue weighted by atomic mass is 16.6. The lowest BCUT2D eigenvalue weighted by atomic mass is 10.2. The number of esters is 1. The molecular weight excluding hydrogens is 710 g/mol. The van der Waals surface area contributed by atoms with Gasteiger partial charge in [-0.25, -0.2) is 9.59 Å². The average Bonchev–Trinajstić information content (AvgIpc) is 3.10. The van der Waals surface area contributed by atoms with E-state index in [4.69, 9.17) is 66.7 Å². The fraction of sp³-hybridized carbons (Fsp3) is 0.912. The quantitative estimate of drug-likeness (QED) is 0.0604. The zero-order valence-corrected chi connectivity index (χ0v) is 32.0. The van der Waals surface area contributed by atoms with Crippen molar-refractivity contribution in [1.29, 1.82) is 0 Å². The van der Waals surface area contributed by atoms with Gasteiger partial charge in [0, 0.05) is 6.54 Å². The number of carboxylic acids is 1. The highest BCUT2D eigenvalue weighted by Crippen LogP contribution is 2.06. The summed E-state index contributed by atoms with van der Waals surface area (Å²) in [5.41, 5.74) is -0.520. The van der Waals surface area contributed by atoms with E-state index in [1.54, 1.807) is 20.8 Å². The summed E-state index contributed by atoms with van der Waals surface area (Å²) >= 11 is 0. The molecule has 0 aliphatic rings. The van der Waals surface area contributed by atoms with Crippen LogP contribution in [0.4, 0.5) is 0 Å². The Kier molecular flexibility index (Phi) is 38.0. The van der Waals surface area contributed by atoms with Gasteiger partial charge in [0.25, 0.3) is 0 Å². The van der Waals surface area contributed by atoms with E-state index < -0.39 is 30.1 Å². The van der Waals surface area contributed by atoms with Crippen molar-refractivity contribution in [2.45, 2.75) is 26.4 Å². The van der Waals surface area contributed by atoms with E-state index in [1.807, 2.05) is 0 Å². The molecule has 0 fully saturated rings. The van der Waals surface area contributed by atoms with Gasteiger partial charge in [0.2, 0.25) is 5.91 Å². The monoisotopic (exact) mass is 775 g/mol. The number of hydrogen-bond donors (Lipinski definition) is 2. The summed E-state index contributed by atoms with van der Waals surface area (Å²) in [5, 5.41) is 11.0. The van der Waals surface area contributed by atoms with Crippen LogP contribution >= 0.6 is 0 Å². The standard InChI is InChI=1S/C34H65NO18/c1-34(2,3)53-33(39)30-51-27-26-50-25-24-49-23-22-48-21-20-47-19-18-46-17-16-45-15-14-44-13-12-43-11-10-42-9-8-41-7-6-40-5-4-35-31(36)28-52-29-32(37)38/h4-30H2,1-3H3,(H,35,36)(H,37,38). The second-order valence-electron chi connectivity index (χ2n) is 11.6. The summed E-state index contributed by atoms with van der Waals surface area (Å²) in [6, 6.07) is 0. The molecule has 0 unspecified atom stereocenters. The molecule has 2 N–H and O–H groups in total. The molecule has 0 aromatic carbocycles. The van der Waals surface area contributed by atoms with Gasteiger partial charge in [0.15, 0.2) is 0 Å². The Morgan fingerprint density at radius 3 is 0.962 bits per heavy atom. The fourth-order valence-corrected chi connectivity index (χ4v) is 3.49. The minimum Gasteiger partial charge on any atom is -0.480 e. The Bertz CT molecular complexity index is 832. The fourth-order valence-electron chi connectivity index (χ4n) is 3.49. The van der Waals surface area contributed by atoms with Gasteiger partial charge in [0.1, 0.15) is 25.4 Å². The molecule has 19 nitrogen and oxygen atoms in total. The van der Waals surface area contributed by atoms with Crippen molar-refractivity contribution < 1.29 is 85.8 Å². The summed E-state index contributed by atoms with van der Waals surface area (Å²) in [4.78, 5) is 33.2. The maximum absolute atomic E-state index is 11.5. The number of aliphatic carboxylic acids is 1. The van der Waals surface area contributed by atoms with Crippen molar-refractivity contribution >= 4 is 17.8 Å².